The third-order valence-corrected chi connectivity index (χ3v) is 4.68. The second kappa shape index (κ2) is 5.52. The smallest absolute Gasteiger partial charge is 0.290 e. The molecule has 130 valence electrons. The fraction of sp³-hybridized carbons (Fsp3) is 0.158. The Bertz CT molecular complexity index is 1130. The van der Waals surface area contributed by atoms with Gasteiger partial charge in [-0.3, -0.25) is 19.7 Å². The van der Waals surface area contributed by atoms with Crippen molar-refractivity contribution in [3.8, 4) is 0 Å². The van der Waals surface area contributed by atoms with Gasteiger partial charge in [-0.25, -0.2) is 0 Å². The Labute approximate surface area is 147 Å². The van der Waals surface area contributed by atoms with Crippen LogP contribution in [0.5, 0.6) is 0 Å². The lowest BCUT2D eigenvalue weighted by Crippen LogP contribution is -2.25. The number of carbonyl (C=O) groups excluding carboxylic acids is 1. The van der Waals surface area contributed by atoms with Crippen LogP contribution in [0.4, 0.5) is 5.69 Å². The van der Waals surface area contributed by atoms with E-state index in [0.717, 1.165) is 5.56 Å². The number of nitrogens with zero attached hydrogens (tertiary/aromatic N) is 2. The van der Waals surface area contributed by atoms with E-state index in [2.05, 4.69) is 0 Å². The number of nitro groups is 1. The van der Waals surface area contributed by atoms with Crippen molar-refractivity contribution in [2.75, 3.05) is 7.05 Å². The van der Waals surface area contributed by atoms with E-state index in [1.807, 2.05) is 13.0 Å². The van der Waals surface area contributed by atoms with Gasteiger partial charge in [-0.05, 0) is 36.8 Å². The van der Waals surface area contributed by atoms with Gasteiger partial charge in [0.2, 0.25) is 5.76 Å². The van der Waals surface area contributed by atoms with Crippen molar-refractivity contribution in [2.45, 2.75) is 13.0 Å². The zero-order chi connectivity index (χ0) is 18.6. The Hall–Kier alpha value is -3.48. The summed E-state index contributed by atoms with van der Waals surface area (Å²) in [4.78, 5) is 37.5. The van der Waals surface area contributed by atoms with Crippen molar-refractivity contribution in [1.82, 2.24) is 4.90 Å². The molecule has 1 aliphatic rings. The van der Waals surface area contributed by atoms with Crippen LogP contribution in [-0.4, -0.2) is 22.8 Å². The van der Waals surface area contributed by atoms with Crippen LogP contribution < -0.4 is 5.43 Å². The van der Waals surface area contributed by atoms with Crippen molar-refractivity contribution in [3.63, 3.8) is 0 Å². The molecule has 1 aromatic heterocycles. The lowest BCUT2D eigenvalue weighted by Gasteiger charge is -2.20. The van der Waals surface area contributed by atoms with Crippen LogP contribution in [0, 0.1) is 17.0 Å². The summed E-state index contributed by atoms with van der Waals surface area (Å²) >= 11 is 0. The first-order valence-electron chi connectivity index (χ1n) is 7.97. The van der Waals surface area contributed by atoms with Crippen molar-refractivity contribution in [2.24, 2.45) is 0 Å². The molecule has 0 fully saturated rings. The molecule has 2 heterocycles. The minimum atomic E-state index is -0.639. The molecule has 2 aromatic carbocycles. The Morgan fingerprint density at radius 2 is 1.81 bits per heavy atom. The van der Waals surface area contributed by atoms with Gasteiger partial charge in [-0.2, -0.15) is 0 Å². The van der Waals surface area contributed by atoms with Crippen LogP contribution in [0.3, 0.4) is 0 Å². The number of amides is 1. The van der Waals surface area contributed by atoms with E-state index in [1.165, 1.54) is 17.0 Å². The van der Waals surface area contributed by atoms with Gasteiger partial charge >= 0.3 is 0 Å². The molecule has 0 aliphatic carbocycles. The van der Waals surface area contributed by atoms with Crippen molar-refractivity contribution in [1.29, 1.82) is 0 Å². The highest BCUT2D eigenvalue weighted by atomic mass is 16.6. The number of hydrogen-bond donors (Lipinski definition) is 0. The summed E-state index contributed by atoms with van der Waals surface area (Å²) in [5.74, 6) is -0.361. The lowest BCUT2D eigenvalue weighted by molar-refractivity contribution is -0.384. The Kier molecular flexibility index (Phi) is 3.40. The number of hydrogen-bond acceptors (Lipinski definition) is 5. The van der Waals surface area contributed by atoms with E-state index in [4.69, 9.17) is 4.42 Å². The highest BCUT2D eigenvalue weighted by molar-refractivity contribution is 5.98. The quantitative estimate of drug-likeness (QED) is 0.523. The van der Waals surface area contributed by atoms with E-state index in [0.29, 0.717) is 16.5 Å². The van der Waals surface area contributed by atoms with Gasteiger partial charge in [0.1, 0.15) is 5.58 Å². The molecule has 4 rings (SSSR count). The monoisotopic (exact) mass is 350 g/mol. The molecule has 1 amide bonds. The molecule has 7 nitrogen and oxygen atoms in total. The Morgan fingerprint density at radius 3 is 2.46 bits per heavy atom. The molecule has 7 heteroatoms. The molecule has 3 aromatic rings. The second-order valence-electron chi connectivity index (χ2n) is 6.34. The first-order valence-corrected chi connectivity index (χ1v) is 7.97. The Balaban J connectivity index is 1.96. The maximum atomic E-state index is 13.1. The van der Waals surface area contributed by atoms with E-state index in [1.54, 1.807) is 31.3 Å². The standard InChI is InChI=1S/C19H14N2O5/c1-10-3-8-14-13(9-10)17(22)15-16(20(2)19(23)18(15)26-14)11-4-6-12(7-5-11)21(24)25/h3-9,16H,1-2H3. The molecular formula is C19H14N2O5. The number of carbonyl (C=O) groups is 1. The first kappa shape index (κ1) is 16.0. The van der Waals surface area contributed by atoms with Crippen LogP contribution in [0.1, 0.15) is 33.3 Å². The van der Waals surface area contributed by atoms with Gasteiger partial charge in [0.25, 0.3) is 11.6 Å². The summed E-state index contributed by atoms with van der Waals surface area (Å²) in [5.41, 5.74) is 1.85. The van der Waals surface area contributed by atoms with Crippen LogP contribution in [0.15, 0.2) is 51.7 Å². The fourth-order valence-electron chi connectivity index (χ4n) is 3.37. The van der Waals surface area contributed by atoms with Gasteiger partial charge < -0.3 is 9.32 Å². The van der Waals surface area contributed by atoms with E-state index < -0.39 is 11.0 Å². The van der Waals surface area contributed by atoms with E-state index in [9.17, 15) is 19.7 Å². The Morgan fingerprint density at radius 1 is 1.12 bits per heavy atom. The average Bonchev–Trinajstić information content (AvgIpc) is 2.87. The van der Waals surface area contributed by atoms with Crippen LogP contribution >= 0.6 is 0 Å². The number of rotatable bonds is 2. The molecule has 0 saturated heterocycles. The lowest BCUT2D eigenvalue weighted by atomic mass is 9.98. The normalized spacial score (nSPS) is 16.2. The minimum Gasteiger partial charge on any atom is -0.450 e. The maximum Gasteiger partial charge on any atom is 0.290 e. The predicted molar refractivity (Wildman–Crippen MR) is 94.3 cm³/mol. The van der Waals surface area contributed by atoms with Crippen LogP contribution in [-0.2, 0) is 0 Å². The van der Waals surface area contributed by atoms with Gasteiger partial charge in [-0.15, -0.1) is 0 Å². The molecule has 1 aliphatic heterocycles. The highest BCUT2D eigenvalue weighted by Crippen LogP contribution is 2.37. The van der Waals surface area contributed by atoms with E-state index in [-0.39, 0.29) is 28.3 Å². The first-order chi connectivity index (χ1) is 12.4. The van der Waals surface area contributed by atoms with Gasteiger partial charge in [0.15, 0.2) is 5.43 Å². The number of non-ortho nitro benzene ring substituents is 1. The number of aryl methyl sites for hydroxylation is 1. The third kappa shape index (κ3) is 2.21. The molecule has 0 saturated carbocycles. The zero-order valence-electron chi connectivity index (χ0n) is 14.1. The summed E-state index contributed by atoms with van der Waals surface area (Å²) in [7, 11) is 1.58. The minimum absolute atomic E-state index is 0.0252. The van der Waals surface area contributed by atoms with Crippen molar-refractivity contribution < 1.29 is 14.1 Å². The van der Waals surface area contributed by atoms with E-state index >= 15 is 0 Å². The van der Waals surface area contributed by atoms with Crippen LogP contribution in [0.2, 0.25) is 0 Å². The number of fused-ring (bicyclic) bond motifs is 2. The molecule has 1 atom stereocenters. The van der Waals surface area contributed by atoms with Gasteiger partial charge in [-0.1, -0.05) is 11.6 Å². The average molecular weight is 350 g/mol. The topological polar surface area (TPSA) is 93.7 Å². The molecule has 0 spiro atoms. The maximum absolute atomic E-state index is 13.1. The second-order valence-corrected chi connectivity index (χ2v) is 6.34. The summed E-state index contributed by atoms with van der Waals surface area (Å²) in [6.45, 7) is 1.87. The van der Waals surface area contributed by atoms with Gasteiger partial charge in [0.05, 0.1) is 21.9 Å². The molecule has 0 bridgehead atoms. The third-order valence-electron chi connectivity index (χ3n) is 4.68. The van der Waals surface area contributed by atoms with Crippen LogP contribution in [0.25, 0.3) is 11.0 Å². The number of benzene rings is 2. The van der Waals surface area contributed by atoms with Crippen molar-refractivity contribution >= 4 is 22.6 Å². The molecule has 1 unspecified atom stereocenters. The van der Waals surface area contributed by atoms with Gasteiger partial charge in [0, 0.05) is 19.2 Å². The zero-order valence-corrected chi connectivity index (χ0v) is 14.1. The van der Waals surface area contributed by atoms with Crippen molar-refractivity contribution in [3.05, 3.63) is 85.3 Å². The highest BCUT2D eigenvalue weighted by Gasteiger charge is 2.40. The fourth-order valence-corrected chi connectivity index (χ4v) is 3.37. The molecule has 26 heavy (non-hydrogen) atoms. The molecule has 0 N–H and O–H groups in total. The largest absolute Gasteiger partial charge is 0.450 e. The number of nitro benzene ring substituents is 1. The molecular weight excluding hydrogens is 336 g/mol. The molecule has 0 radical (unpaired) electrons. The predicted octanol–water partition coefficient (Wildman–Crippen LogP) is 3.18. The summed E-state index contributed by atoms with van der Waals surface area (Å²) in [5, 5.41) is 11.3. The SMILES string of the molecule is Cc1ccc2oc3c(c(=O)c2c1)C(c1ccc([N+](=O)[O-])cc1)N(C)C3=O. The summed E-state index contributed by atoms with van der Waals surface area (Å²) < 4.78 is 5.74. The summed E-state index contributed by atoms with van der Waals surface area (Å²) in [6, 6.07) is 10.4. The summed E-state index contributed by atoms with van der Waals surface area (Å²) in [6.07, 6.45) is 0.